The van der Waals surface area contributed by atoms with Gasteiger partial charge in [-0.1, -0.05) is 19.1 Å². The summed E-state index contributed by atoms with van der Waals surface area (Å²) in [5.41, 5.74) is 0.128. The summed E-state index contributed by atoms with van der Waals surface area (Å²) in [6.45, 7) is 3.71. The maximum absolute atomic E-state index is 14.2. The molecule has 8 heteroatoms. The van der Waals surface area contributed by atoms with Crippen LogP contribution in [0.5, 0.6) is 5.75 Å². The molecule has 2 fully saturated rings. The molecule has 3 N–H and O–H groups in total. The Balaban J connectivity index is 1.64. The molecular formula is C24H24FN3O4. The van der Waals surface area contributed by atoms with Crippen LogP contribution in [0.25, 0.3) is 0 Å². The van der Waals surface area contributed by atoms with Gasteiger partial charge in [-0.15, -0.1) is 0 Å². The van der Waals surface area contributed by atoms with E-state index >= 15 is 0 Å². The zero-order valence-electron chi connectivity index (χ0n) is 17.8. The van der Waals surface area contributed by atoms with E-state index in [0.29, 0.717) is 24.1 Å². The van der Waals surface area contributed by atoms with Gasteiger partial charge in [0.2, 0.25) is 17.7 Å². The molecule has 0 bridgehead atoms. The van der Waals surface area contributed by atoms with Gasteiger partial charge in [0, 0.05) is 23.3 Å². The van der Waals surface area contributed by atoms with E-state index in [2.05, 4.69) is 10.6 Å². The molecule has 2 saturated heterocycles. The van der Waals surface area contributed by atoms with Crippen molar-refractivity contribution in [2.45, 2.75) is 44.3 Å². The van der Waals surface area contributed by atoms with Crippen LogP contribution in [-0.2, 0) is 26.3 Å². The average Bonchev–Trinajstić information content (AvgIpc) is 3.34. The van der Waals surface area contributed by atoms with Gasteiger partial charge >= 0.3 is 0 Å². The lowest BCUT2D eigenvalue weighted by Crippen LogP contribution is -2.54. The Morgan fingerprint density at radius 1 is 1.12 bits per heavy atom. The Morgan fingerprint density at radius 2 is 1.84 bits per heavy atom. The average molecular weight is 437 g/mol. The van der Waals surface area contributed by atoms with E-state index in [9.17, 15) is 23.9 Å². The molecule has 3 aliphatic rings. The number of fused-ring (bicyclic) bond motifs is 4. The maximum atomic E-state index is 14.2. The lowest BCUT2D eigenvalue weighted by molar-refractivity contribution is -0.145. The summed E-state index contributed by atoms with van der Waals surface area (Å²) in [6.07, 6.45) is 0.964. The minimum Gasteiger partial charge on any atom is -0.508 e. The third-order valence-corrected chi connectivity index (χ3v) is 7.13. The summed E-state index contributed by atoms with van der Waals surface area (Å²) in [5, 5.41) is 15.7. The highest BCUT2D eigenvalue weighted by Gasteiger charge is 2.70. The number of phenols is 1. The molecule has 3 heterocycles. The molecule has 0 radical (unpaired) electrons. The topological polar surface area (TPSA) is 98.7 Å². The van der Waals surface area contributed by atoms with Gasteiger partial charge in [0.15, 0.2) is 0 Å². The van der Waals surface area contributed by atoms with E-state index in [4.69, 9.17) is 0 Å². The minimum absolute atomic E-state index is 0.122. The Hall–Kier alpha value is -3.26. The highest BCUT2D eigenvalue weighted by Crippen LogP contribution is 2.53. The molecule has 7 nitrogen and oxygen atoms in total. The fourth-order valence-corrected chi connectivity index (χ4v) is 5.47. The SMILES string of the molecule is CCC(C)N1C(=O)[C@@H]2C(Cc3ccc(O)cc3)NC3(C(=O)Nc4ccc(F)cc43)[C@@H]2C1=O. The van der Waals surface area contributed by atoms with Gasteiger partial charge in [0.1, 0.15) is 17.1 Å². The maximum Gasteiger partial charge on any atom is 0.250 e. The summed E-state index contributed by atoms with van der Waals surface area (Å²) in [6, 6.07) is 9.78. The van der Waals surface area contributed by atoms with Gasteiger partial charge in [0.25, 0.3) is 0 Å². The molecule has 3 aliphatic heterocycles. The number of carbonyl (C=O) groups is 3. The number of likely N-dealkylation sites (tertiary alicyclic amines) is 1. The lowest BCUT2D eigenvalue weighted by atomic mass is 9.76. The van der Waals surface area contributed by atoms with Gasteiger partial charge < -0.3 is 10.4 Å². The molecule has 5 rings (SSSR count). The van der Waals surface area contributed by atoms with Gasteiger partial charge in [-0.2, -0.15) is 0 Å². The third kappa shape index (κ3) is 2.72. The lowest BCUT2D eigenvalue weighted by Gasteiger charge is -2.31. The van der Waals surface area contributed by atoms with E-state index in [-0.39, 0.29) is 17.7 Å². The number of rotatable bonds is 4. The van der Waals surface area contributed by atoms with Gasteiger partial charge in [-0.25, -0.2) is 4.39 Å². The fraction of sp³-hybridized carbons (Fsp3) is 0.375. The van der Waals surface area contributed by atoms with Crippen LogP contribution in [0.1, 0.15) is 31.4 Å². The molecule has 32 heavy (non-hydrogen) atoms. The number of hydrogen-bond acceptors (Lipinski definition) is 5. The van der Waals surface area contributed by atoms with Gasteiger partial charge in [-0.3, -0.25) is 24.6 Å². The number of imide groups is 1. The van der Waals surface area contributed by atoms with Crippen molar-refractivity contribution in [3.63, 3.8) is 0 Å². The van der Waals surface area contributed by atoms with Crippen molar-refractivity contribution in [2.75, 3.05) is 5.32 Å². The zero-order valence-corrected chi connectivity index (χ0v) is 17.8. The molecule has 3 amide bonds. The monoisotopic (exact) mass is 437 g/mol. The summed E-state index contributed by atoms with van der Waals surface area (Å²) < 4.78 is 14.2. The van der Waals surface area contributed by atoms with Crippen molar-refractivity contribution >= 4 is 23.4 Å². The molecule has 1 spiro atoms. The Kier molecular flexibility index (Phi) is 4.60. The number of carbonyl (C=O) groups excluding carboxylic acids is 3. The third-order valence-electron chi connectivity index (χ3n) is 7.13. The van der Waals surface area contributed by atoms with Gasteiger partial charge in [-0.05, 0) is 55.7 Å². The van der Waals surface area contributed by atoms with Crippen LogP contribution in [0.4, 0.5) is 10.1 Å². The molecule has 3 unspecified atom stereocenters. The molecular weight excluding hydrogens is 413 g/mol. The molecule has 5 atom stereocenters. The van der Waals surface area contributed by atoms with E-state index in [1.54, 1.807) is 24.3 Å². The van der Waals surface area contributed by atoms with Crippen LogP contribution in [0.2, 0.25) is 0 Å². The van der Waals surface area contributed by atoms with Crippen molar-refractivity contribution in [3.05, 3.63) is 59.4 Å². The highest BCUT2D eigenvalue weighted by molar-refractivity contribution is 6.15. The summed E-state index contributed by atoms with van der Waals surface area (Å²) in [7, 11) is 0. The largest absolute Gasteiger partial charge is 0.508 e. The number of hydrogen-bond donors (Lipinski definition) is 3. The van der Waals surface area contributed by atoms with Gasteiger partial charge in [0.05, 0.1) is 11.8 Å². The minimum atomic E-state index is -1.52. The van der Waals surface area contributed by atoms with E-state index < -0.39 is 41.0 Å². The van der Waals surface area contributed by atoms with Crippen molar-refractivity contribution in [3.8, 4) is 5.75 Å². The Labute approximate surface area is 184 Å². The predicted molar refractivity (Wildman–Crippen MR) is 114 cm³/mol. The molecule has 2 aromatic rings. The van der Waals surface area contributed by atoms with Crippen LogP contribution < -0.4 is 10.6 Å². The standard InChI is InChI=1S/C24H24FN3O4/c1-3-12(2)28-21(30)19-18(10-13-4-7-15(29)8-5-13)27-24(20(19)22(28)31)16-11-14(25)6-9-17(16)26-23(24)32/h4-9,11-12,18-20,27,29H,3,10H2,1-2H3,(H,26,32)/t12?,18?,19-,20+,24?/m1/s1. The normalized spacial score (nSPS) is 29.4. The number of halogens is 1. The first kappa shape index (κ1) is 20.6. The van der Waals surface area contributed by atoms with E-state index in [1.807, 2.05) is 13.8 Å². The Morgan fingerprint density at radius 3 is 2.53 bits per heavy atom. The van der Waals surface area contributed by atoms with Crippen LogP contribution in [0, 0.1) is 17.7 Å². The van der Waals surface area contributed by atoms with E-state index in [1.165, 1.54) is 23.1 Å². The van der Waals surface area contributed by atoms with Crippen molar-refractivity contribution in [2.24, 2.45) is 11.8 Å². The number of benzene rings is 2. The molecule has 0 saturated carbocycles. The molecule has 2 aromatic carbocycles. The first-order valence-electron chi connectivity index (χ1n) is 10.8. The number of nitrogens with zero attached hydrogens (tertiary/aromatic N) is 1. The second kappa shape index (κ2) is 7.13. The molecule has 0 aliphatic carbocycles. The number of amides is 3. The van der Waals surface area contributed by atoms with Crippen LogP contribution in [0.15, 0.2) is 42.5 Å². The number of phenolic OH excluding ortho intramolecular Hbond substituents is 1. The Bertz CT molecular complexity index is 1130. The quantitative estimate of drug-likeness (QED) is 0.638. The number of aromatic hydroxyl groups is 1. The smallest absolute Gasteiger partial charge is 0.250 e. The summed E-state index contributed by atoms with van der Waals surface area (Å²) in [4.78, 5) is 41.7. The van der Waals surface area contributed by atoms with Crippen LogP contribution >= 0.6 is 0 Å². The van der Waals surface area contributed by atoms with Crippen LogP contribution in [0.3, 0.4) is 0 Å². The fourth-order valence-electron chi connectivity index (χ4n) is 5.47. The van der Waals surface area contributed by atoms with Crippen molar-refractivity contribution in [1.29, 1.82) is 0 Å². The second-order valence-electron chi connectivity index (χ2n) is 8.88. The van der Waals surface area contributed by atoms with Crippen molar-refractivity contribution in [1.82, 2.24) is 10.2 Å². The molecule has 166 valence electrons. The molecule has 0 aromatic heterocycles. The zero-order chi connectivity index (χ0) is 22.8. The summed E-state index contributed by atoms with van der Waals surface area (Å²) >= 11 is 0. The van der Waals surface area contributed by atoms with E-state index in [0.717, 1.165) is 5.56 Å². The van der Waals surface area contributed by atoms with Crippen molar-refractivity contribution < 1.29 is 23.9 Å². The summed E-state index contributed by atoms with van der Waals surface area (Å²) in [5.74, 6) is -3.28. The second-order valence-corrected chi connectivity index (χ2v) is 8.88. The highest BCUT2D eigenvalue weighted by atomic mass is 19.1. The number of nitrogens with one attached hydrogen (secondary N) is 2. The number of anilines is 1. The first-order valence-corrected chi connectivity index (χ1v) is 10.8. The first-order chi connectivity index (χ1) is 15.3. The van der Waals surface area contributed by atoms with Crippen LogP contribution in [-0.4, -0.2) is 39.8 Å². The predicted octanol–water partition coefficient (Wildman–Crippen LogP) is 2.29.